The summed E-state index contributed by atoms with van der Waals surface area (Å²) in [5, 5.41) is 2.60. The number of aromatic nitrogens is 1. The standard InChI is InChI=1S/C18H18BrF2N3O5S/c19-11-3-4-15(14(21)5-11)23-16-12(18(26)24-29-7-10-1-2-10)6-22-17(25)13(16)8-30(27,28)9-20/h3-6,10H,1-2,7-9H2,(H,24,26)(H2,22,23,25). The molecule has 1 heterocycles. The zero-order valence-electron chi connectivity index (χ0n) is 15.5. The fourth-order valence-corrected chi connectivity index (χ4v) is 3.71. The molecule has 1 saturated carbocycles. The van der Waals surface area contributed by atoms with Gasteiger partial charge in [-0.25, -0.2) is 22.7 Å². The minimum Gasteiger partial charge on any atom is -0.352 e. The largest absolute Gasteiger partial charge is 0.352 e. The molecule has 1 amide bonds. The Morgan fingerprint density at radius 2 is 2.07 bits per heavy atom. The quantitative estimate of drug-likeness (QED) is 0.451. The Bertz CT molecular complexity index is 1120. The molecule has 0 unspecified atom stereocenters. The SMILES string of the molecule is O=C(NOCC1CC1)c1c[nH]c(=O)c(CS(=O)(=O)CF)c1Nc1ccc(Br)cc1F. The van der Waals surface area contributed by atoms with E-state index in [1.54, 1.807) is 0 Å². The van der Waals surface area contributed by atoms with Crippen LogP contribution >= 0.6 is 15.9 Å². The van der Waals surface area contributed by atoms with Crippen LogP contribution in [0, 0.1) is 11.7 Å². The molecule has 0 saturated heterocycles. The maximum absolute atomic E-state index is 14.3. The number of nitrogens with one attached hydrogen (secondary N) is 3. The van der Waals surface area contributed by atoms with E-state index in [1.165, 1.54) is 12.1 Å². The number of amides is 1. The van der Waals surface area contributed by atoms with E-state index in [-0.39, 0.29) is 16.9 Å². The Labute approximate surface area is 179 Å². The molecule has 0 atom stereocenters. The normalized spacial score (nSPS) is 13.8. The van der Waals surface area contributed by atoms with Crippen LogP contribution in [0.4, 0.5) is 20.2 Å². The molecule has 1 aliphatic carbocycles. The van der Waals surface area contributed by atoms with Gasteiger partial charge in [0, 0.05) is 10.7 Å². The number of alkyl halides is 1. The lowest BCUT2D eigenvalue weighted by Crippen LogP contribution is -2.28. The summed E-state index contributed by atoms with van der Waals surface area (Å²) in [7, 11) is -4.28. The molecule has 3 rings (SSSR count). The second-order valence-corrected chi connectivity index (χ2v) is 9.73. The Balaban J connectivity index is 2.01. The van der Waals surface area contributed by atoms with Crippen molar-refractivity contribution in [3.05, 3.63) is 56.2 Å². The van der Waals surface area contributed by atoms with Crippen molar-refractivity contribution in [1.29, 1.82) is 0 Å². The van der Waals surface area contributed by atoms with E-state index >= 15 is 0 Å². The van der Waals surface area contributed by atoms with Crippen LogP contribution in [0.5, 0.6) is 0 Å². The first-order valence-corrected chi connectivity index (χ1v) is 11.5. The number of hydrogen-bond donors (Lipinski definition) is 3. The number of hydrogen-bond acceptors (Lipinski definition) is 6. The highest BCUT2D eigenvalue weighted by Gasteiger charge is 2.25. The number of pyridine rings is 1. The molecule has 1 fully saturated rings. The number of hydroxylamine groups is 1. The Kier molecular flexibility index (Phi) is 6.88. The Hall–Kier alpha value is -2.31. The maximum Gasteiger partial charge on any atom is 0.278 e. The number of rotatable bonds is 9. The molecule has 12 heteroatoms. The fraction of sp³-hybridized carbons (Fsp3) is 0.333. The molecule has 3 N–H and O–H groups in total. The summed E-state index contributed by atoms with van der Waals surface area (Å²) < 4.78 is 51.3. The van der Waals surface area contributed by atoms with Gasteiger partial charge < -0.3 is 10.3 Å². The van der Waals surface area contributed by atoms with Gasteiger partial charge in [0.05, 0.1) is 34.9 Å². The lowest BCUT2D eigenvalue weighted by atomic mass is 10.1. The minimum absolute atomic E-state index is 0.115. The minimum atomic E-state index is -4.28. The van der Waals surface area contributed by atoms with E-state index in [1.807, 2.05) is 0 Å². The van der Waals surface area contributed by atoms with Crippen molar-refractivity contribution in [3.8, 4) is 0 Å². The van der Waals surface area contributed by atoms with Crippen molar-refractivity contribution >= 4 is 43.0 Å². The van der Waals surface area contributed by atoms with Crippen molar-refractivity contribution in [2.75, 3.05) is 17.9 Å². The lowest BCUT2D eigenvalue weighted by Gasteiger charge is -2.16. The summed E-state index contributed by atoms with van der Waals surface area (Å²) in [6.45, 7) is 0.308. The lowest BCUT2D eigenvalue weighted by molar-refractivity contribution is 0.0270. The number of aromatic amines is 1. The van der Waals surface area contributed by atoms with Gasteiger partial charge in [0.2, 0.25) is 0 Å². The molecule has 0 aliphatic heterocycles. The zero-order chi connectivity index (χ0) is 21.9. The molecule has 162 valence electrons. The van der Waals surface area contributed by atoms with Crippen molar-refractivity contribution in [2.45, 2.75) is 18.6 Å². The van der Waals surface area contributed by atoms with Crippen LogP contribution in [-0.4, -0.2) is 31.9 Å². The smallest absolute Gasteiger partial charge is 0.278 e. The molecule has 1 aromatic heterocycles. The Morgan fingerprint density at radius 1 is 1.33 bits per heavy atom. The van der Waals surface area contributed by atoms with Gasteiger partial charge in [-0.05, 0) is 37.0 Å². The Morgan fingerprint density at radius 3 is 2.70 bits per heavy atom. The molecule has 0 bridgehead atoms. The van der Waals surface area contributed by atoms with Gasteiger partial charge in [0.25, 0.3) is 11.5 Å². The van der Waals surface area contributed by atoms with E-state index in [2.05, 4.69) is 31.7 Å². The average Bonchev–Trinajstić information content (AvgIpc) is 3.51. The number of carbonyl (C=O) groups excluding carboxylic acids is 1. The third-order valence-corrected chi connectivity index (χ3v) is 5.89. The van der Waals surface area contributed by atoms with Crippen molar-refractivity contribution in [2.24, 2.45) is 5.92 Å². The van der Waals surface area contributed by atoms with Crippen LogP contribution in [0.1, 0.15) is 28.8 Å². The topological polar surface area (TPSA) is 117 Å². The first-order chi connectivity index (χ1) is 14.2. The van der Waals surface area contributed by atoms with Crippen LogP contribution in [0.2, 0.25) is 0 Å². The van der Waals surface area contributed by atoms with E-state index in [9.17, 15) is 26.8 Å². The second kappa shape index (κ2) is 9.23. The van der Waals surface area contributed by atoms with Gasteiger partial charge in [0.15, 0.2) is 15.8 Å². The van der Waals surface area contributed by atoms with Crippen molar-refractivity contribution in [1.82, 2.24) is 10.5 Å². The van der Waals surface area contributed by atoms with Crippen molar-refractivity contribution in [3.63, 3.8) is 0 Å². The molecule has 0 spiro atoms. The molecule has 1 aliphatic rings. The third kappa shape index (κ3) is 5.64. The number of benzene rings is 1. The van der Waals surface area contributed by atoms with Crippen molar-refractivity contribution < 1.29 is 26.8 Å². The molecule has 0 radical (unpaired) electrons. The van der Waals surface area contributed by atoms with Crippen LogP contribution in [0.25, 0.3) is 0 Å². The molecule has 2 aromatic rings. The van der Waals surface area contributed by atoms with Crippen LogP contribution in [0.3, 0.4) is 0 Å². The highest BCUT2D eigenvalue weighted by atomic mass is 79.9. The highest BCUT2D eigenvalue weighted by molar-refractivity contribution is 9.10. The van der Waals surface area contributed by atoms with Crippen LogP contribution < -0.4 is 16.4 Å². The molecule has 8 nitrogen and oxygen atoms in total. The predicted octanol–water partition coefficient (Wildman–Crippen LogP) is 2.93. The van der Waals surface area contributed by atoms with Gasteiger partial charge in [-0.3, -0.25) is 14.4 Å². The van der Waals surface area contributed by atoms with Gasteiger partial charge in [-0.2, -0.15) is 0 Å². The number of anilines is 2. The molecule has 1 aromatic carbocycles. The van der Waals surface area contributed by atoms with Gasteiger partial charge in [-0.15, -0.1) is 0 Å². The zero-order valence-corrected chi connectivity index (χ0v) is 17.9. The van der Waals surface area contributed by atoms with E-state index in [0.29, 0.717) is 17.0 Å². The average molecular weight is 506 g/mol. The van der Waals surface area contributed by atoms with E-state index in [4.69, 9.17) is 4.84 Å². The second-order valence-electron chi connectivity index (χ2n) is 6.82. The predicted molar refractivity (Wildman–Crippen MR) is 109 cm³/mol. The third-order valence-electron chi connectivity index (χ3n) is 4.34. The fourth-order valence-electron chi connectivity index (χ4n) is 2.58. The summed E-state index contributed by atoms with van der Waals surface area (Å²) in [5.41, 5.74) is 0.361. The monoisotopic (exact) mass is 505 g/mol. The number of carbonyl (C=O) groups is 1. The van der Waals surface area contributed by atoms with Gasteiger partial charge in [-0.1, -0.05) is 15.9 Å². The summed E-state index contributed by atoms with van der Waals surface area (Å²) in [5.74, 6) is -2.13. The van der Waals surface area contributed by atoms with Crippen LogP contribution in [0.15, 0.2) is 33.7 Å². The maximum atomic E-state index is 14.3. The number of sulfone groups is 1. The summed E-state index contributed by atoms with van der Waals surface area (Å²) in [4.78, 5) is 32.3. The molecule has 30 heavy (non-hydrogen) atoms. The van der Waals surface area contributed by atoms with Crippen LogP contribution in [-0.2, 0) is 20.4 Å². The highest BCUT2D eigenvalue weighted by Crippen LogP contribution is 2.29. The van der Waals surface area contributed by atoms with E-state index < -0.39 is 44.4 Å². The first kappa shape index (κ1) is 22.4. The summed E-state index contributed by atoms with van der Waals surface area (Å²) >= 11 is 3.12. The van der Waals surface area contributed by atoms with Gasteiger partial charge in [0.1, 0.15) is 5.82 Å². The first-order valence-electron chi connectivity index (χ1n) is 8.85. The van der Waals surface area contributed by atoms with Gasteiger partial charge >= 0.3 is 0 Å². The number of halogens is 3. The number of H-pyrrole nitrogens is 1. The summed E-state index contributed by atoms with van der Waals surface area (Å²) in [6.07, 6.45) is 3.04. The molecular weight excluding hydrogens is 488 g/mol. The molecular formula is C18H18BrF2N3O5S. The van der Waals surface area contributed by atoms with E-state index in [0.717, 1.165) is 25.1 Å². The summed E-state index contributed by atoms with van der Waals surface area (Å²) in [6, 6.07) is 2.29.